The average Bonchev–Trinajstić information content (AvgIpc) is 2.76. The minimum Gasteiger partial charge on any atom is -0.377 e. The van der Waals surface area contributed by atoms with Crippen molar-refractivity contribution in [3.63, 3.8) is 0 Å². The van der Waals surface area contributed by atoms with Crippen molar-refractivity contribution in [1.82, 2.24) is 10.2 Å². The van der Waals surface area contributed by atoms with Crippen LogP contribution in [0.3, 0.4) is 0 Å². The van der Waals surface area contributed by atoms with Gasteiger partial charge in [-0.05, 0) is 32.7 Å². The molecule has 0 saturated carbocycles. The standard InChI is InChI=1S/C12H24N2O2/c1-10(11-6-5-9-16-11)13-8-4-7-12(15)14(2)3/h10-11,13H,4-9H2,1-3H3. The second kappa shape index (κ2) is 6.86. The van der Waals surface area contributed by atoms with Gasteiger partial charge in [-0.25, -0.2) is 0 Å². The molecule has 94 valence electrons. The quantitative estimate of drug-likeness (QED) is 0.690. The number of hydrogen-bond donors (Lipinski definition) is 1. The zero-order chi connectivity index (χ0) is 12.0. The van der Waals surface area contributed by atoms with Crippen LogP contribution < -0.4 is 5.32 Å². The third kappa shape index (κ3) is 4.49. The fraction of sp³-hybridized carbons (Fsp3) is 0.917. The van der Waals surface area contributed by atoms with Gasteiger partial charge in [0.15, 0.2) is 0 Å². The molecule has 1 aliphatic heterocycles. The minimum atomic E-state index is 0.201. The van der Waals surface area contributed by atoms with Crippen LogP contribution in [0.1, 0.15) is 32.6 Å². The van der Waals surface area contributed by atoms with E-state index in [1.54, 1.807) is 19.0 Å². The molecule has 16 heavy (non-hydrogen) atoms. The van der Waals surface area contributed by atoms with Gasteiger partial charge in [-0.1, -0.05) is 0 Å². The molecule has 1 N–H and O–H groups in total. The Morgan fingerprint density at radius 2 is 2.31 bits per heavy atom. The molecule has 1 heterocycles. The zero-order valence-electron chi connectivity index (χ0n) is 10.7. The smallest absolute Gasteiger partial charge is 0.222 e. The topological polar surface area (TPSA) is 41.6 Å². The van der Waals surface area contributed by atoms with Crippen molar-refractivity contribution in [2.24, 2.45) is 0 Å². The molecule has 0 spiro atoms. The maximum atomic E-state index is 11.3. The van der Waals surface area contributed by atoms with Gasteiger partial charge in [0.25, 0.3) is 0 Å². The monoisotopic (exact) mass is 228 g/mol. The van der Waals surface area contributed by atoms with Crippen LogP contribution in [-0.2, 0) is 9.53 Å². The van der Waals surface area contributed by atoms with Crippen molar-refractivity contribution < 1.29 is 9.53 Å². The van der Waals surface area contributed by atoms with E-state index in [0.29, 0.717) is 18.6 Å². The van der Waals surface area contributed by atoms with E-state index in [-0.39, 0.29) is 5.91 Å². The van der Waals surface area contributed by atoms with Crippen molar-refractivity contribution in [3.8, 4) is 0 Å². The molecule has 1 saturated heterocycles. The molecule has 2 atom stereocenters. The van der Waals surface area contributed by atoms with E-state index in [0.717, 1.165) is 26.0 Å². The molecule has 1 amide bonds. The molecule has 4 heteroatoms. The van der Waals surface area contributed by atoms with Crippen LogP contribution in [0.2, 0.25) is 0 Å². The van der Waals surface area contributed by atoms with Crippen LogP contribution in [0, 0.1) is 0 Å². The average molecular weight is 228 g/mol. The first-order valence-electron chi connectivity index (χ1n) is 6.16. The highest BCUT2D eigenvalue weighted by molar-refractivity contribution is 5.75. The summed E-state index contributed by atoms with van der Waals surface area (Å²) in [6.45, 7) is 3.94. The first-order valence-corrected chi connectivity index (χ1v) is 6.16. The summed E-state index contributed by atoms with van der Waals surface area (Å²) >= 11 is 0. The highest BCUT2D eigenvalue weighted by Crippen LogP contribution is 2.15. The summed E-state index contributed by atoms with van der Waals surface area (Å²) in [6, 6.07) is 0.400. The first kappa shape index (κ1) is 13.5. The number of hydrogen-bond acceptors (Lipinski definition) is 3. The Hall–Kier alpha value is -0.610. The minimum absolute atomic E-state index is 0.201. The molecule has 0 aromatic heterocycles. The van der Waals surface area contributed by atoms with Crippen molar-refractivity contribution in [1.29, 1.82) is 0 Å². The van der Waals surface area contributed by atoms with Crippen LogP contribution in [0.15, 0.2) is 0 Å². The molecule has 0 aromatic rings. The van der Waals surface area contributed by atoms with Gasteiger partial charge in [-0.2, -0.15) is 0 Å². The maximum absolute atomic E-state index is 11.3. The van der Waals surface area contributed by atoms with Crippen molar-refractivity contribution in [3.05, 3.63) is 0 Å². The molecule has 2 unspecified atom stereocenters. The fourth-order valence-corrected chi connectivity index (χ4v) is 1.92. The lowest BCUT2D eigenvalue weighted by Gasteiger charge is -2.20. The second-order valence-electron chi connectivity index (χ2n) is 4.69. The molecule has 1 rings (SSSR count). The number of nitrogens with zero attached hydrogens (tertiary/aromatic N) is 1. The van der Waals surface area contributed by atoms with Crippen molar-refractivity contribution >= 4 is 5.91 Å². The number of carbonyl (C=O) groups excluding carboxylic acids is 1. The van der Waals surface area contributed by atoms with Gasteiger partial charge >= 0.3 is 0 Å². The lowest BCUT2D eigenvalue weighted by atomic mass is 10.1. The van der Waals surface area contributed by atoms with E-state index in [4.69, 9.17) is 4.74 Å². The van der Waals surface area contributed by atoms with Crippen LogP contribution in [0.25, 0.3) is 0 Å². The van der Waals surface area contributed by atoms with Gasteiger partial charge in [0.05, 0.1) is 6.10 Å². The second-order valence-corrected chi connectivity index (χ2v) is 4.69. The number of nitrogens with one attached hydrogen (secondary N) is 1. The summed E-state index contributed by atoms with van der Waals surface area (Å²) in [5.41, 5.74) is 0. The van der Waals surface area contributed by atoms with Crippen LogP contribution in [0.5, 0.6) is 0 Å². The summed E-state index contributed by atoms with van der Waals surface area (Å²) < 4.78 is 5.59. The third-order valence-corrected chi connectivity index (χ3v) is 3.06. The largest absolute Gasteiger partial charge is 0.377 e. The first-order chi connectivity index (χ1) is 7.61. The maximum Gasteiger partial charge on any atom is 0.222 e. The van der Waals surface area contributed by atoms with Gasteiger partial charge in [-0.3, -0.25) is 4.79 Å². The fourth-order valence-electron chi connectivity index (χ4n) is 1.92. The molecule has 1 aliphatic rings. The van der Waals surface area contributed by atoms with Gasteiger partial charge in [0.1, 0.15) is 0 Å². The van der Waals surface area contributed by atoms with Crippen LogP contribution >= 0.6 is 0 Å². The Bertz CT molecular complexity index is 213. The Morgan fingerprint density at radius 1 is 1.56 bits per heavy atom. The molecule has 4 nitrogen and oxygen atoms in total. The van der Waals surface area contributed by atoms with Crippen molar-refractivity contribution in [2.75, 3.05) is 27.2 Å². The highest BCUT2D eigenvalue weighted by atomic mass is 16.5. The lowest BCUT2D eigenvalue weighted by Crippen LogP contribution is -2.37. The lowest BCUT2D eigenvalue weighted by molar-refractivity contribution is -0.128. The summed E-state index contributed by atoms with van der Waals surface area (Å²) in [6.07, 6.45) is 4.22. The molecule has 0 bridgehead atoms. The normalized spacial score (nSPS) is 22.1. The van der Waals surface area contributed by atoms with Gasteiger partial charge in [-0.15, -0.1) is 0 Å². The third-order valence-electron chi connectivity index (χ3n) is 3.06. The molecule has 1 fully saturated rings. The van der Waals surface area contributed by atoms with Gasteiger partial charge < -0.3 is 15.0 Å². The highest BCUT2D eigenvalue weighted by Gasteiger charge is 2.21. The van der Waals surface area contributed by atoms with E-state index >= 15 is 0 Å². The summed E-state index contributed by atoms with van der Waals surface area (Å²) in [7, 11) is 3.59. The van der Waals surface area contributed by atoms with Crippen LogP contribution in [-0.4, -0.2) is 50.2 Å². The van der Waals surface area contributed by atoms with Gasteiger partial charge in [0.2, 0.25) is 5.91 Å². The van der Waals surface area contributed by atoms with E-state index < -0.39 is 0 Å². The Balaban J connectivity index is 2.04. The summed E-state index contributed by atoms with van der Waals surface area (Å²) in [5.74, 6) is 0.201. The molecule has 0 aromatic carbocycles. The number of ether oxygens (including phenoxy) is 1. The molecule has 0 aliphatic carbocycles. The van der Waals surface area contributed by atoms with E-state index in [1.165, 1.54) is 6.42 Å². The Kier molecular flexibility index (Phi) is 5.77. The van der Waals surface area contributed by atoms with E-state index in [9.17, 15) is 4.79 Å². The van der Waals surface area contributed by atoms with Gasteiger partial charge in [0, 0.05) is 33.2 Å². The molecular formula is C12H24N2O2. The zero-order valence-corrected chi connectivity index (χ0v) is 10.7. The number of rotatable bonds is 6. The SMILES string of the molecule is CC(NCCCC(=O)N(C)C)C1CCCO1. The predicted octanol–water partition coefficient (Wildman–Crippen LogP) is 1.01. The van der Waals surface area contributed by atoms with Crippen LogP contribution in [0.4, 0.5) is 0 Å². The Morgan fingerprint density at radius 3 is 2.88 bits per heavy atom. The number of amides is 1. The van der Waals surface area contributed by atoms with Crippen molar-refractivity contribution in [2.45, 2.75) is 44.8 Å². The number of carbonyl (C=O) groups is 1. The summed E-state index contributed by atoms with van der Waals surface area (Å²) in [4.78, 5) is 13.0. The Labute approximate surface area is 98.3 Å². The summed E-state index contributed by atoms with van der Waals surface area (Å²) in [5, 5.41) is 3.42. The van der Waals surface area contributed by atoms with E-state index in [2.05, 4.69) is 12.2 Å². The predicted molar refractivity (Wildman–Crippen MR) is 64.4 cm³/mol. The van der Waals surface area contributed by atoms with E-state index in [1.807, 2.05) is 0 Å². The molecule has 0 radical (unpaired) electrons. The molecular weight excluding hydrogens is 204 g/mol.